The molecule has 0 radical (unpaired) electrons. The molecule has 0 saturated carbocycles. The van der Waals surface area contributed by atoms with Gasteiger partial charge in [0.1, 0.15) is 11.5 Å². The van der Waals surface area contributed by atoms with Gasteiger partial charge in [-0.1, -0.05) is 29.4 Å². The van der Waals surface area contributed by atoms with Gasteiger partial charge in [-0.2, -0.15) is 5.26 Å². The quantitative estimate of drug-likeness (QED) is 0.696. The van der Waals surface area contributed by atoms with Crippen LogP contribution in [0.25, 0.3) is 0 Å². The van der Waals surface area contributed by atoms with E-state index in [4.69, 9.17) is 20.8 Å². The number of amides is 2. The van der Waals surface area contributed by atoms with Crippen molar-refractivity contribution >= 4 is 35.2 Å². The molecule has 0 fully saturated rings. The van der Waals surface area contributed by atoms with Crippen LogP contribution in [0.2, 0.25) is 5.02 Å². The number of allylic oxidation sites excluding steroid dienone is 1. The molecule has 0 aliphatic carbocycles. The maximum Gasteiger partial charge on any atom is 0.230 e. The molecule has 2 amide bonds. The first-order valence-electron chi connectivity index (χ1n) is 8.71. The van der Waals surface area contributed by atoms with Crippen LogP contribution in [0.1, 0.15) is 23.7 Å². The molecule has 2 aromatic rings. The van der Waals surface area contributed by atoms with Crippen molar-refractivity contribution in [2.45, 2.75) is 18.9 Å². The van der Waals surface area contributed by atoms with Crippen LogP contribution in [0.3, 0.4) is 0 Å². The van der Waals surface area contributed by atoms with Crippen molar-refractivity contribution in [3.63, 3.8) is 0 Å². The number of ether oxygens (including phenoxy) is 1. The monoisotopic (exact) mass is 431 g/mol. The molecule has 1 aromatic carbocycles. The smallest absolute Gasteiger partial charge is 0.230 e. The normalized spacial score (nSPS) is 16.2. The zero-order valence-electron chi connectivity index (χ0n) is 15.5. The van der Waals surface area contributed by atoms with Gasteiger partial charge in [-0.3, -0.25) is 9.59 Å². The van der Waals surface area contributed by atoms with Crippen LogP contribution in [0, 0.1) is 11.3 Å². The number of nitriles is 1. The molecule has 1 atom stereocenters. The lowest BCUT2D eigenvalue weighted by Gasteiger charge is -2.25. The Morgan fingerprint density at radius 1 is 1.48 bits per heavy atom. The van der Waals surface area contributed by atoms with E-state index in [1.807, 2.05) is 0 Å². The average Bonchev–Trinajstić information content (AvgIpc) is 3.23. The number of benzene rings is 1. The molecule has 29 heavy (non-hydrogen) atoms. The standard InChI is InChI=1S/C20H18ClN3O4S/c1-27-17-5-4-12(7-16(17)21)14-8-18(25)24-20(15(14)9-22)29-11-19(26)23-10-13-3-2-6-28-13/h2-7,14H,8,10-11H2,1H3,(H,23,26)(H,24,25)/t14-/m1/s1. The molecule has 7 nitrogen and oxygen atoms in total. The van der Waals surface area contributed by atoms with Gasteiger partial charge in [-0.05, 0) is 29.8 Å². The van der Waals surface area contributed by atoms with Gasteiger partial charge in [-0.25, -0.2) is 0 Å². The van der Waals surface area contributed by atoms with E-state index in [9.17, 15) is 14.9 Å². The first-order chi connectivity index (χ1) is 14.0. The number of thioether (sulfide) groups is 1. The number of nitrogens with zero attached hydrogens (tertiary/aromatic N) is 1. The second kappa shape index (κ2) is 9.54. The summed E-state index contributed by atoms with van der Waals surface area (Å²) in [6.45, 7) is 0.274. The van der Waals surface area contributed by atoms with Crippen molar-refractivity contribution in [1.82, 2.24) is 10.6 Å². The van der Waals surface area contributed by atoms with Crippen molar-refractivity contribution in [2.24, 2.45) is 0 Å². The van der Waals surface area contributed by atoms with Crippen molar-refractivity contribution in [3.05, 3.63) is 63.5 Å². The average molecular weight is 432 g/mol. The zero-order chi connectivity index (χ0) is 20.8. The molecule has 1 aliphatic rings. The summed E-state index contributed by atoms with van der Waals surface area (Å²) in [5, 5.41) is 15.9. The minimum absolute atomic E-state index is 0.0532. The van der Waals surface area contributed by atoms with E-state index >= 15 is 0 Å². The van der Waals surface area contributed by atoms with Crippen LogP contribution in [-0.2, 0) is 16.1 Å². The van der Waals surface area contributed by atoms with E-state index in [0.29, 0.717) is 27.1 Å². The number of furan rings is 1. The molecule has 0 bridgehead atoms. The van der Waals surface area contributed by atoms with Crippen molar-refractivity contribution in [3.8, 4) is 11.8 Å². The van der Waals surface area contributed by atoms with E-state index in [-0.39, 0.29) is 30.5 Å². The van der Waals surface area contributed by atoms with E-state index < -0.39 is 5.92 Å². The molecule has 3 rings (SSSR count). The lowest BCUT2D eigenvalue weighted by molar-refractivity contribution is -0.121. The fourth-order valence-corrected chi connectivity index (χ4v) is 4.08. The van der Waals surface area contributed by atoms with Crippen molar-refractivity contribution in [1.29, 1.82) is 5.26 Å². The molecule has 2 heterocycles. The minimum Gasteiger partial charge on any atom is -0.495 e. The van der Waals surface area contributed by atoms with Gasteiger partial charge in [0, 0.05) is 12.3 Å². The van der Waals surface area contributed by atoms with E-state index in [1.54, 1.807) is 30.3 Å². The summed E-state index contributed by atoms with van der Waals surface area (Å²) in [4.78, 5) is 24.3. The predicted octanol–water partition coefficient (Wildman–Crippen LogP) is 3.33. The summed E-state index contributed by atoms with van der Waals surface area (Å²) < 4.78 is 10.3. The van der Waals surface area contributed by atoms with Crippen LogP contribution in [0.4, 0.5) is 0 Å². The lowest BCUT2D eigenvalue weighted by atomic mass is 9.87. The highest BCUT2D eigenvalue weighted by atomic mass is 35.5. The Balaban J connectivity index is 1.73. The minimum atomic E-state index is -0.439. The third kappa shape index (κ3) is 5.13. The number of nitrogens with one attached hydrogen (secondary N) is 2. The molecular formula is C20H18ClN3O4S. The second-order valence-electron chi connectivity index (χ2n) is 6.20. The van der Waals surface area contributed by atoms with Gasteiger partial charge in [0.2, 0.25) is 11.8 Å². The largest absolute Gasteiger partial charge is 0.495 e. The fraction of sp³-hybridized carbons (Fsp3) is 0.250. The fourth-order valence-electron chi connectivity index (χ4n) is 2.90. The first kappa shape index (κ1) is 20.8. The highest BCUT2D eigenvalue weighted by Gasteiger charge is 2.30. The second-order valence-corrected chi connectivity index (χ2v) is 7.59. The predicted molar refractivity (Wildman–Crippen MR) is 109 cm³/mol. The van der Waals surface area contributed by atoms with Crippen molar-refractivity contribution < 1.29 is 18.7 Å². The molecule has 0 unspecified atom stereocenters. The van der Waals surface area contributed by atoms with Crippen LogP contribution >= 0.6 is 23.4 Å². The van der Waals surface area contributed by atoms with E-state index in [1.165, 1.54) is 13.4 Å². The SMILES string of the molecule is COc1ccc([C@H]2CC(=O)NC(SCC(=O)NCc3ccco3)=C2C#N)cc1Cl. The van der Waals surface area contributed by atoms with E-state index in [0.717, 1.165) is 17.3 Å². The summed E-state index contributed by atoms with van der Waals surface area (Å²) in [6.07, 6.45) is 1.66. The molecule has 9 heteroatoms. The van der Waals surface area contributed by atoms with Crippen LogP contribution in [-0.4, -0.2) is 24.7 Å². The third-order valence-electron chi connectivity index (χ3n) is 4.32. The number of carbonyl (C=O) groups is 2. The topological polar surface area (TPSA) is 104 Å². The zero-order valence-corrected chi connectivity index (χ0v) is 17.1. The summed E-state index contributed by atoms with van der Waals surface area (Å²) in [7, 11) is 1.52. The summed E-state index contributed by atoms with van der Waals surface area (Å²) in [6, 6.07) is 10.8. The number of hydrogen-bond donors (Lipinski definition) is 2. The lowest BCUT2D eigenvalue weighted by Crippen LogP contribution is -2.32. The van der Waals surface area contributed by atoms with Crippen molar-refractivity contribution in [2.75, 3.05) is 12.9 Å². The first-order valence-corrected chi connectivity index (χ1v) is 10.1. The number of carbonyl (C=O) groups excluding carboxylic acids is 2. The van der Waals surface area contributed by atoms with Crippen LogP contribution in [0.15, 0.2) is 51.6 Å². The highest BCUT2D eigenvalue weighted by Crippen LogP contribution is 2.38. The third-order valence-corrected chi connectivity index (χ3v) is 5.63. The Morgan fingerprint density at radius 3 is 2.97 bits per heavy atom. The highest BCUT2D eigenvalue weighted by molar-refractivity contribution is 8.03. The van der Waals surface area contributed by atoms with Gasteiger partial charge in [0.15, 0.2) is 0 Å². The molecule has 0 saturated heterocycles. The summed E-state index contributed by atoms with van der Waals surface area (Å²) in [5.74, 6) is 0.312. The Kier molecular flexibility index (Phi) is 6.86. The molecule has 2 N–H and O–H groups in total. The molecular weight excluding hydrogens is 414 g/mol. The Bertz CT molecular complexity index is 982. The van der Waals surface area contributed by atoms with E-state index in [2.05, 4.69) is 16.7 Å². The van der Waals surface area contributed by atoms with Gasteiger partial charge in [-0.15, -0.1) is 0 Å². The van der Waals surface area contributed by atoms with Crippen LogP contribution < -0.4 is 15.4 Å². The summed E-state index contributed by atoms with van der Waals surface area (Å²) in [5.41, 5.74) is 1.14. The number of methoxy groups -OCH3 is 1. The van der Waals surface area contributed by atoms with Crippen LogP contribution in [0.5, 0.6) is 5.75 Å². The Labute approximate surface area is 177 Å². The van der Waals surface area contributed by atoms with Gasteiger partial charge < -0.3 is 19.8 Å². The van der Waals surface area contributed by atoms with Gasteiger partial charge in [0.05, 0.1) is 47.4 Å². The molecule has 150 valence electrons. The number of halogens is 1. The molecule has 1 aromatic heterocycles. The van der Waals surface area contributed by atoms with Gasteiger partial charge in [0.25, 0.3) is 0 Å². The number of hydrogen-bond acceptors (Lipinski definition) is 6. The Morgan fingerprint density at radius 2 is 2.31 bits per heavy atom. The molecule has 1 aliphatic heterocycles. The summed E-state index contributed by atoms with van der Waals surface area (Å²) >= 11 is 7.32. The Hall–Kier alpha value is -2.89. The maximum absolute atomic E-state index is 12.2. The number of rotatable bonds is 7. The van der Waals surface area contributed by atoms with Gasteiger partial charge >= 0.3 is 0 Å². The molecule has 0 spiro atoms. The maximum atomic E-state index is 12.2.